The Morgan fingerprint density at radius 1 is 1.13 bits per heavy atom. The van der Waals surface area contributed by atoms with E-state index in [0.717, 1.165) is 11.4 Å². The summed E-state index contributed by atoms with van der Waals surface area (Å²) < 4.78 is 1.68. The second-order valence-corrected chi connectivity index (χ2v) is 7.14. The molecule has 2 N–H and O–H groups in total. The summed E-state index contributed by atoms with van der Waals surface area (Å²) in [7, 11) is 1.82. The minimum absolute atomic E-state index is 0.0547. The van der Waals surface area contributed by atoms with Crippen LogP contribution in [0.4, 0.5) is 16.3 Å². The van der Waals surface area contributed by atoms with Crippen LogP contribution in [0.3, 0.4) is 0 Å². The zero-order valence-electron chi connectivity index (χ0n) is 14.8. The van der Waals surface area contributed by atoms with E-state index in [1.807, 2.05) is 37.4 Å². The minimum atomic E-state index is -0.272. The molecule has 0 fully saturated rings. The molecule has 0 spiro atoms. The van der Waals surface area contributed by atoms with Gasteiger partial charge in [-0.05, 0) is 23.6 Å². The summed E-state index contributed by atoms with van der Waals surface area (Å²) in [5.41, 5.74) is 2.90. The van der Waals surface area contributed by atoms with Gasteiger partial charge in [-0.1, -0.05) is 46.8 Å². The molecule has 2 rings (SSSR count). The number of amides is 2. The van der Waals surface area contributed by atoms with Gasteiger partial charge >= 0.3 is 6.03 Å². The van der Waals surface area contributed by atoms with E-state index in [2.05, 4.69) is 50.4 Å². The number of carbonyl (C=O) groups excluding carboxylic acids is 1. The van der Waals surface area contributed by atoms with Crippen LogP contribution >= 0.6 is 0 Å². The number of aromatic nitrogens is 2. The Balaban J connectivity index is 2.04. The van der Waals surface area contributed by atoms with E-state index in [9.17, 15) is 4.79 Å². The fraction of sp³-hybridized carbons (Fsp3) is 0.444. The first-order valence-corrected chi connectivity index (χ1v) is 7.89. The normalized spacial score (nSPS) is 11.6. The maximum absolute atomic E-state index is 12.1. The van der Waals surface area contributed by atoms with Crippen LogP contribution in [0.25, 0.3) is 0 Å². The number of aryl methyl sites for hydroxylation is 1. The van der Waals surface area contributed by atoms with Crippen molar-refractivity contribution in [3.8, 4) is 0 Å². The third-order valence-electron chi connectivity index (χ3n) is 3.73. The first kappa shape index (κ1) is 17.1. The van der Waals surface area contributed by atoms with Gasteiger partial charge in [0.25, 0.3) is 0 Å². The Hall–Kier alpha value is -2.30. The molecule has 0 aliphatic carbocycles. The fourth-order valence-corrected chi connectivity index (χ4v) is 2.18. The minimum Gasteiger partial charge on any atom is -0.308 e. The van der Waals surface area contributed by atoms with Gasteiger partial charge in [-0.2, -0.15) is 5.10 Å². The number of nitrogens with zero attached hydrogens (tertiary/aromatic N) is 2. The highest BCUT2D eigenvalue weighted by Gasteiger charge is 2.19. The first-order valence-electron chi connectivity index (χ1n) is 7.89. The van der Waals surface area contributed by atoms with Gasteiger partial charge in [0.05, 0.1) is 5.69 Å². The van der Waals surface area contributed by atoms with E-state index in [0.29, 0.717) is 11.7 Å². The van der Waals surface area contributed by atoms with Crippen LogP contribution in [0.2, 0.25) is 0 Å². The maximum atomic E-state index is 12.1. The van der Waals surface area contributed by atoms with Crippen LogP contribution in [0, 0.1) is 0 Å². The van der Waals surface area contributed by atoms with Gasteiger partial charge in [0.2, 0.25) is 0 Å². The van der Waals surface area contributed by atoms with Crippen LogP contribution in [0.15, 0.2) is 30.3 Å². The van der Waals surface area contributed by atoms with Crippen LogP contribution in [-0.2, 0) is 12.5 Å². The lowest BCUT2D eigenvalue weighted by Crippen LogP contribution is -2.21. The van der Waals surface area contributed by atoms with E-state index in [4.69, 9.17) is 0 Å². The predicted octanol–water partition coefficient (Wildman–Crippen LogP) is 4.49. The van der Waals surface area contributed by atoms with Crippen molar-refractivity contribution in [1.82, 2.24) is 9.78 Å². The van der Waals surface area contributed by atoms with Gasteiger partial charge in [-0.25, -0.2) is 4.79 Å². The highest BCUT2D eigenvalue weighted by molar-refractivity contribution is 5.99. The fourth-order valence-electron chi connectivity index (χ4n) is 2.18. The summed E-state index contributed by atoms with van der Waals surface area (Å²) in [6.07, 6.45) is 0. The Morgan fingerprint density at radius 3 is 2.22 bits per heavy atom. The topological polar surface area (TPSA) is 59.0 Å². The van der Waals surface area contributed by atoms with E-state index in [-0.39, 0.29) is 11.4 Å². The summed E-state index contributed by atoms with van der Waals surface area (Å²) in [5.74, 6) is 1.15. The maximum Gasteiger partial charge on any atom is 0.324 e. The molecule has 0 bridgehead atoms. The summed E-state index contributed by atoms with van der Waals surface area (Å²) in [5, 5.41) is 10.1. The van der Waals surface area contributed by atoms with E-state index < -0.39 is 0 Å². The monoisotopic (exact) mass is 314 g/mol. The first-order chi connectivity index (χ1) is 10.7. The van der Waals surface area contributed by atoms with E-state index in [1.54, 1.807) is 4.68 Å². The molecule has 0 aliphatic rings. The number of rotatable bonds is 3. The molecule has 0 saturated heterocycles. The number of benzene rings is 1. The van der Waals surface area contributed by atoms with Crippen LogP contribution in [0.5, 0.6) is 0 Å². The largest absolute Gasteiger partial charge is 0.324 e. The molecule has 2 aromatic rings. The average Bonchev–Trinajstić information content (AvgIpc) is 2.80. The van der Waals surface area contributed by atoms with Gasteiger partial charge in [0.15, 0.2) is 0 Å². The predicted molar refractivity (Wildman–Crippen MR) is 95.1 cm³/mol. The summed E-state index contributed by atoms with van der Waals surface area (Å²) in [4.78, 5) is 12.1. The zero-order valence-corrected chi connectivity index (χ0v) is 14.8. The van der Waals surface area contributed by atoms with Crippen molar-refractivity contribution in [2.24, 2.45) is 7.05 Å². The lowest BCUT2D eigenvalue weighted by molar-refractivity contribution is 0.262. The van der Waals surface area contributed by atoms with Crippen molar-refractivity contribution in [1.29, 1.82) is 0 Å². The van der Waals surface area contributed by atoms with Gasteiger partial charge in [-0.15, -0.1) is 0 Å². The SMILES string of the molecule is CC(C)c1ccc(NC(=O)Nc2cc(C(C)(C)C)nn2C)cc1. The van der Waals surface area contributed by atoms with E-state index in [1.165, 1.54) is 5.56 Å². The lowest BCUT2D eigenvalue weighted by atomic mass is 9.92. The molecule has 0 unspecified atom stereocenters. The highest BCUT2D eigenvalue weighted by Crippen LogP contribution is 2.23. The van der Waals surface area contributed by atoms with Crippen molar-refractivity contribution in [2.45, 2.75) is 46.0 Å². The van der Waals surface area contributed by atoms with Gasteiger partial charge in [-0.3, -0.25) is 10.00 Å². The number of carbonyl (C=O) groups is 1. The number of hydrogen-bond donors (Lipinski definition) is 2. The molecule has 2 amide bonds. The van der Waals surface area contributed by atoms with Crippen molar-refractivity contribution in [3.05, 3.63) is 41.6 Å². The third-order valence-corrected chi connectivity index (χ3v) is 3.73. The molecule has 0 radical (unpaired) electrons. The molecular formula is C18H26N4O. The van der Waals surface area contributed by atoms with Gasteiger partial charge < -0.3 is 5.32 Å². The Labute approximate surface area is 138 Å². The van der Waals surface area contributed by atoms with E-state index >= 15 is 0 Å². The van der Waals surface area contributed by atoms with Crippen molar-refractivity contribution in [2.75, 3.05) is 10.6 Å². The number of urea groups is 1. The molecule has 0 saturated carbocycles. The summed E-state index contributed by atoms with van der Waals surface area (Å²) in [6.45, 7) is 10.6. The second-order valence-electron chi connectivity index (χ2n) is 7.14. The number of anilines is 2. The number of nitrogens with one attached hydrogen (secondary N) is 2. The summed E-state index contributed by atoms with van der Waals surface area (Å²) >= 11 is 0. The van der Waals surface area contributed by atoms with Crippen molar-refractivity contribution in [3.63, 3.8) is 0 Å². The molecule has 1 aromatic heterocycles. The average molecular weight is 314 g/mol. The number of hydrogen-bond acceptors (Lipinski definition) is 2. The van der Waals surface area contributed by atoms with Crippen LogP contribution in [0.1, 0.15) is 51.8 Å². The molecule has 1 heterocycles. The lowest BCUT2D eigenvalue weighted by Gasteiger charge is -2.13. The Bertz CT molecular complexity index is 678. The van der Waals surface area contributed by atoms with Crippen LogP contribution < -0.4 is 10.6 Å². The van der Waals surface area contributed by atoms with Crippen LogP contribution in [-0.4, -0.2) is 15.8 Å². The molecule has 23 heavy (non-hydrogen) atoms. The quantitative estimate of drug-likeness (QED) is 0.877. The Morgan fingerprint density at radius 2 is 1.74 bits per heavy atom. The highest BCUT2D eigenvalue weighted by atomic mass is 16.2. The molecular weight excluding hydrogens is 288 g/mol. The van der Waals surface area contributed by atoms with Crippen molar-refractivity contribution < 1.29 is 4.79 Å². The molecule has 5 heteroatoms. The van der Waals surface area contributed by atoms with Gasteiger partial charge in [0, 0.05) is 24.2 Å². The zero-order chi connectivity index (χ0) is 17.2. The smallest absolute Gasteiger partial charge is 0.308 e. The van der Waals surface area contributed by atoms with Gasteiger partial charge in [0.1, 0.15) is 5.82 Å². The third kappa shape index (κ3) is 4.34. The molecule has 124 valence electrons. The molecule has 5 nitrogen and oxygen atoms in total. The molecule has 0 aliphatic heterocycles. The van der Waals surface area contributed by atoms with Crippen molar-refractivity contribution >= 4 is 17.5 Å². The second kappa shape index (κ2) is 6.44. The Kier molecular flexibility index (Phi) is 4.78. The molecule has 1 aromatic carbocycles. The summed E-state index contributed by atoms with van der Waals surface area (Å²) in [6, 6.07) is 9.52. The molecule has 0 atom stereocenters. The standard InChI is InChI=1S/C18H26N4O/c1-12(2)13-7-9-14(10-8-13)19-17(23)20-16-11-15(18(3,4)5)21-22(16)6/h7-12H,1-6H3,(H2,19,20,23).